The maximum atomic E-state index is 13.4. The molecule has 0 amide bonds. The lowest BCUT2D eigenvalue weighted by Crippen LogP contribution is -2.40. The number of rotatable bonds is 5. The van der Waals surface area contributed by atoms with Crippen molar-refractivity contribution < 1.29 is 40.8 Å². The van der Waals surface area contributed by atoms with Gasteiger partial charge < -0.3 is 14.0 Å². The Kier molecular flexibility index (Phi) is 5.67. The second-order valence-corrected chi connectivity index (χ2v) is 7.77. The Morgan fingerprint density at radius 2 is 1.59 bits per heavy atom. The zero-order chi connectivity index (χ0) is 21.2. The lowest BCUT2D eigenvalue weighted by atomic mass is 9.91. The van der Waals surface area contributed by atoms with Gasteiger partial charge in [0.15, 0.2) is 10.1 Å². The van der Waals surface area contributed by atoms with Gasteiger partial charge in [0.1, 0.15) is 17.1 Å². The number of alkyl halides is 2. The van der Waals surface area contributed by atoms with Crippen LogP contribution in [0.1, 0.15) is 34.3 Å². The normalized spacial score (nSPS) is 14.0. The first kappa shape index (κ1) is 20.9. The van der Waals surface area contributed by atoms with Crippen LogP contribution < -0.4 is 9.47 Å². The van der Waals surface area contributed by atoms with E-state index in [4.69, 9.17) is 4.74 Å². The number of esters is 2. The van der Waals surface area contributed by atoms with E-state index < -0.39 is 33.1 Å². The molecule has 1 aliphatic carbocycles. The Morgan fingerprint density at radius 1 is 0.931 bits per heavy atom. The Bertz CT molecular complexity index is 1060. The molecular formula is C19H15F2O7S-. The Morgan fingerprint density at radius 3 is 2.31 bits per heavy atom. The zero-order valence-electron chi connectivity index (χ0n) is 14.9. The fourth-order valence-corrected chi connectivity index (χ4v) is 3.23. The molecule has 0 bridgehead atoms. The first-order chi connectivity index (χ1) is 13.6. The van der Waals surface area contributed by atoms with Crippen molar-refractivity contribution >= 4 is 22.1 Å². The first-order valence-electron chi connectivity index (χ1n) is 8.59. The van der Waals surface area contributed by atoms with E-state index in [0.29, 0.717) is 12.2 Å². The Labute approximate surface area is 165 Å². The van der Waals surface area contributed by atoms with E-state index in [1.165, 1.54) is 12.1 Å². The van der Waals surface area contributed by atoms with Gasteiger partial charge in [0.25, 0.3) is 0 Å². The third kappa shape index (κ3) is 4.28. The number of aryl methyl sites for hydroxylation is 1. The van der Waals surface area contributed by atoms with E-state index in [1.54, 1.807) is 12.1 Å². The summed E-state index contributed by atoms with van der Waals surface area (Å²) in [6.45, 7) is 0. The van der Waals surface area contributed by atoms with Crippen LogP contribution in [0.5, 0.6) is 11.5 Å². The number of carbonyl (C=O) groups excluding carboxylic acids is 2. The standard InChI is InChI=1S/C19H16F2O7S/c20-19(21,29(24,25)26)18(23)28-16-10-4-3-9-14(16)17(22)27-15-11-5-7-12-6-1-2-8-13(12)15/h3-5,7,9-11H,1-2,6,8H2,(H,24,25,26)/p-1. The molecule has 2 aromatic rings. The van der Waals surface area contributed by atoms with Crippen LogP contribution in [0.25, 0.3) is 0 Å². The molecule has 7 nitrogen and oxygen atoms in total. The molecule has 0 aliphatic heterocycles. The van der Waals surface area contributed by atoms with Gasteiger partial charge in [-0.15, -0.1) is 0 Å². The van der Waals surface area contributed by atoms with Crippen molar-refractivity contribution in [3.05, 3.63) is 59.2 Å². The predicted molar refractivity (Wildman–Crippen MR) is 94.8 cm³/mol. The monoisotopic (exact) mass is 425 g/mol. The minimum atomic E-state index is -6.29. The molecule has 0 saturated heterocycles. The first-order valence-corrected chi connectivity index (χ1v) is 9.99. The smallest absolute Gasteiger partial charge is 0.429 e. The maximum absolute atomic E-state index is 13.4. The summed E-state index contributed by atoms with van der Waals surface area (Å²) in [5.74, 6) is -3.94. The topological polar surface area (TPSA) is 110 Å². The molecule has 3 rings (SSSR count). The van der Waals surface area contributed by atoms with Gasteiger partial charge in [-0.05, 0) is 55.0 Å². The number of fused-ring (bicyclic) bond motifs is 1. The van der Waals surface area contributed by atoms with Crippen LogP contribution in [0.15, 0.2) is 42.5 Å². The number of benzene rings is 2. The van der Waals surface area contributed by atoms with Crippen LogP contribution in [0.4, 0.5) is 8.78 Å². The molecule has 10 heteroatoms. The molecule has 0 unspecified atom stereocenters. The van der Waals surface area contributed by atoms with E-state index >= 15 is 0 Å². The third-order valence-electron chi connectivity index (χ3n) is 4.42. The molecule has 0 radical (unpaired) electrons. The lowest BCUT2D eigenvalue weighted by molar-refractivity contribution is -0.151. The molecule has 29 heavy (non-hydrogen) atoms. The van der Waals surface area contributed by atoms with Crippen molar-refractivity contribution in [2.75, 3.05) is 0 Å². The minimum absolute atomic E-state index is 0.306. The quantitative estimate of drug-likeness (QED) is 0.412. The molecule has 0 spiro atoms. The molecule has 0 aromatic heterocycles. The highest BCUT2D eigenvalue weighted by atomic mass is 32.2. The van der Waals surface area contributed by atoms with Crippen molar-refractivity contribution in [2.24, 2.45) is 0 Å². The second-order valence-electron chi connectivity index (χ2n) is 6.35. The molecule has 0 N–H and O–H groups in total. The van der Waals surface area contributed by atoms with Gasteiger partial charge in [-0.1, -0.05) is 24.3 Å². The molecular weight excluding hydrogens is 410 g/mol. The number of hydrogen-bond acceptors (Lipinski definition) is 7. The van der Waals surface area contributed by atoms with E-state index in [-0.39, 0.29) is 5.56 Å². The van der Waals surface area contributed by atoms with Crippen LogP contribution in [0.3, 0.4) is 0 Å². The Hall–Kier alpha value is -2.85. The van der Waals surface area contributed by atoms with E-state index in [1.807, 2.05) is 6.07 Å². The number of carbonyl (C=O) groups is 2. The predicted octanol–water partition coefficient (Wildman–Crippen LogP) is 2.83. The largest absolute Gasteiger partial charge is 0.743 e. The molecule has 0 heterocycles. The van der Waals surface area contributed by atoms with Gasteiger partial charge >= 0.3 is 17.2 Å². The molecule has 0 fully saturated rings. The molecule has 2 aromatic carbocycles. The van der Waals surface area contributed by atoms with Crippen molar-refractivity contribution in [1.82, 2.24) is 0 Å². The zero-order valence-corrected chi connectivity index (χ0v) is 15.7. The van der Waals surface area contributed by atoms with Crippen LogP contribution in [-0.2, 0) is 27.8 Å². The number of ether oxygens (including phenoxy) is 2. The molecule has 0 atom stereocenters. The van der Waals surface area contributed by atoms with Crippen molar-refractivity contribution in [2.45, 2.75) is 30.9 Å². The van der Waals surface area contributed by atoms with Crippen molar-refractivity contribution in [3.8, 4) is 11.5 Å². The minimum Gasteiger partial charge on any atom is -0.743 e. The summed E-state index contributed by atoms with van der Waals surface area (Å²) < 4.78 is 68.2. The van der Waals surface area contributed by atoms with Gasteiger partial charge in [-0.25, -0.2) is 18.0 Å². The maximum Gasteiger partial charge on any atom is 0.429 e. The highest BCUT2D eigenvalue weighted by Crippen LogP contribution is 2.31. The third-order valence-corrected chi connectivity index (χ3v) is 5.21. The highest BCUT2D eigenvalue weighted by Gasteiger charge is 2.49. The average Bonchev–Trinajstić information content (AvgIpc) is 2.67. The summed E-state index contributed by atoms with van der Waals surface area (Å²) in [4.78, 5) is 24.1. The summed E-state index contributed by atoms with van der Waals surface area (Å²) in [6.07, 6.45) is 3.49. The van der Waals surface area contributed by atoms with Crippen LogP contribution in [0.2, 0.25) is 0 Å². The van der Waals surface area contributed by atoms with Crippen LogP contribution >= 0.6 is 0 Å². The molecule has 0 saturated carbocycles. The summed E-state index contributed by atoms with van der Waals surface area (Å²) in [5.41, 5.74) is 1.53. The van der Waals surface area contributed by atoms with Gasteiger partial charge in [-0.3, -0.25) is 0 Å². The second kappa shape index (κ2) is 7.88. The summed E-state index contributed by atoms with van der Waals surface area (Å²) >= 11 is 0. The summed E-state index contributed by atoms with van der Waals surface area (Å²) in [5, 5.41) is -5.30. The Balaban J connectivity index is 1.86. The fourth-order valence-electron chi connectivity index (χ4n) is 2.98. The SMILES string of the molecule is O=C(Oc1cccc2c1CCCC2)c1ccccc1OC(=O)C(F)(F)S(=O)(=O)[O-]. The van der Waals surface area contributed by atoms with E-state index in [0.717, 1.165) is 42.5 Å². The molecule has 1 aliphatic rings. The number of hydrogen-bond donors (Lipinski definition) is 0. The van der Waals surface area contributed by atoms with Gasteiger partial charge in [0.05, 0.1) is 0 Å². The van der Waals surface area contributed by atoms with Gasteiger partial charge in [-0.2, -0.15) is 8.78 Å². The highest BCUT2D eigenvalue weighted by molar-refractivity contribution is 7.87. The van der Waals surface area contributed by atoms with Crippen molar-refractivity contribution in [1.29, 1.82) is 0 Å². The van der Waals surface area contributed by atoms with Gasteiger partial charge in [0, 0.05) is 0 Å². The number of halogens is 2. The van der Waals surface area contributed by atoms with E-state index in [9.17, 15) is 31.3 Å². The summed E-state index contributed by atoms with van der Waals surface area (Å²) in [6, 6.07) is 10.0. The lowest BCUT2D eigenvalue weighted by Gasteiger charge is -2.20. The molecule has 154 valence electrons. The number of para-hydroxylation sites is 1. The van der Waals surface area contributed by atoms with Gasteiger partial charge in [0.2, 0.25) is 0 Å². The fraction of sp³-hybridized carbons (Fsp3) is 0.263. The van der Waals surface area contributed by atoms with Crippen molar-refractivity contribution in [3.63, 3.8) is 0 Å². The van der Waals surface area contributed by atoms with Crippen LogP contribution in [0, 0.1) is 0 Å². The van der Waals surface area contributed by atoms with E-state index in [2.05, 4.69) is 4.74 Å². The summed E-state index contributed by atoms with van der Waals surface area (Å²) in [7, 11) is -6.29. The van der Waals surface area contributed by atoms with Crippen LogP contribution in [-0.4, -0.2) is 30.2 Å². The average molecular weight is 425 g/mol.